The molecule has 1 heterocycles. The second-order valence-electron chi connectivity index (χ2n) is 4.20. The molecule has 1 fully saturated rings. The van der Waals surface area contributed by atoms with E-state index in [-0.39, 0.29) is 0 Å². The topological polar surface area (TPSA) is 24.9 Å². The summed E-state index contributed by atoms with van der Waals surface area (Å²) in [6.07, 6.45) is 5.17. The summed E-state index contributed by atoms with van der Waals surface area (Å²) in [6, 6.07) is 4.71. The van der Waals surface area contributed by atoms with Gasteiger partial charge in [-0.3, -0.25) is 4.98 Å². The molecule has 1 aliphatic carbocycles. The minimum atomic E-state index is 0.517. The highest BCUT2D eigenvalue weighted by atomic mass is 14.9. The van der Waals surface area contributed by atoms with E-state index in [0.717, 1.165) is 18.4 Å². The first-order chi connectivity index (χ1) is 6.83. The van der Waals surface area contributed by atoms with Gasteiger partial charge in [0.2, 0.25) is 0 Å². The third-order valence-corrected chi connectivity index (χ3v) is 3.07. The molecule has 2 heteroatoms. The third-order valence-electron chi connectivity index (χ3n) is 3.07. The fourth-order valence-electron chi connectivity index (χ4n) is 2.11. The molecule has 0 aliphatic heterocycles. The molecule has 3 unspecified atom stereocenters. The summed E-state index contributed by atoms with van der Waals surface area (Å²) in [5.41, 5.74) is 1.34. The van der Waals surface area contributed by atoms with Gasteiger partial charge in [-0.1, -0.05) is 19.9 Å². The van der Waals surface area contributed by atoms with Crippen molar-refractivity contribution >= 4 is 0 Å². The Morgan fingerprint density at radius 2 is 2.43 bits per heavy atom. The average molecular weight is 190 g/mol. The lowest BCUT2D eigenvalue weighted by Crippen LogP contribution is -2.23. The lowest BCUT2D eigenvalue weighted by molar-refractivity contribution is 0.474. The van der Waals surface area contributed by atoms with Gasteiger partial charge in [0.05, 0.1) is 0 Å². The largest absolute Gasteiger partial charge is 0.310 e. The van der Waals surface area contributed by atoms with Crippen LogP contribution in [0.4, 0.5) is 0 Å². The van der Waals surface area contributed by atoms with Crippen molar-refractivity contribution in [2.24, 2.45) is 11.8 Å². The Balaban J connectivity index is 2.11. The van der Waals surface area contributed by atoms with Crippen molar-refractivity contribution in [2.75, 3.05) is 6.54 Å². The van der Waals surface area contributed by atoms with Crippen LogP contribution >= 0.6 is 0 Å². The van der Waals surface area contributed by atoms with Crippen LogP contribution < -0.4 is 5.32 Å². The standard InChI is InChI=1S/C12H18N2/c1-3-14-12(11-7-9(11)2)10-5-4-6-13-8-10/h4-6,8-9,11-12,14H,3,7H2,1-2H3. The molecule has 0 saturated heterocycles. The Labute approximate surface area is 85.7 Å². The first kappa shape index (κ1) is 9.66. The number of pyridine rings is 1. The zero-order valence-electron chi connectivity index (χ0n) is 8.90. The molecule has 0 radical (unpaired) electrons. The van der Waals surface area contributed by atoms with Gasteiger partial charge in [0.1, 0.15) is 0 Å². The molecule has 1 N–H and O–H groups in total. The van der Waals surface area contributed by atoms with E-state index < -0.39 is 0 Å². The molecule has 0 bridgehead atoms. The molecular weight excluding hydrogens is 172 g/mol. The zero-order chi connectivity index (χ0) is 9.97. The maximum Gasteiger partial charge on any atom is 0.0366 e. The average Bonchev–Trinajstić information content (AvgIpc) is 2.93. The molecule has 0 spiro atoms. The molecule has 2 nitrogen and oxygen atoms in total. The van der Waals surface area contributed by atoms with Crippen molar-refractivity contribution in [1.29, 1.82) is 0 Å². The molecule has 0 amide bonds. The van der Waals surface area contributed by atoms with Crippen molar-refractivity contribution in [3.05, 3.63) is 30.1 Å². The first-order valence-electron chi connectivity index (χ1n) is 5.46. The van der Waals surface area contributed by atoms with Crippen molar-refractivity contribution < 1.29 is 0 Å². The molecule has 1 aromatic rings. The van der Waals surface area contributed by atoms with E-state index in [2.05, 4.69) is 30.2 Å². The van der Waals surface area contributed by atoms with E-state index in [4.69, 9.17) is 0 Å². The SMILES string of the molecule is CCNC(c1cccnc1)C1CC1C. The van der Waals surface area contributed by atoms with Gasteiger partial charge in [0, 0.05) is 18.4 Å². The summed E-state index contributed by atoms with van der Waals surface area (Å²) >= 11 is 0. The van der Waals surface area contributed by atoms with E-state index in [9.17, 15) is 0 Å². The minimum Gasteiger partial charge on any atom is -0.310 e. The molecule has 0 aromatic carbocycles. The summed E-state index contributed by atoms with van der Waals surface area (Å²) in [5.74, 6) is 1.69. The number of aromatic nitrogens is 1. The van der Waals surface area contributed by atoms with Gasteiger partial charge in [-0.15, -0.1) is 0 Å². The van der Waals surface area contributed by atoms with Gasteiger partial charge < -0.3 is 5.32 Å². The third kappa shape index (κ3) is 1.95. The molecule has 76 valence electrons. The Bertz CT molecular complexity index is 284. The molecule has 2 rings (SSSR count). The van der Waals surface area contributed by atoms with Crippen molar-refractivity contribution in [3.63, 3.8) is 0 Å². The lowest BCUT2D eigenvalue weighted by atomic mass is 10.0. The summed E-state index contributed by atoms with van der Waals surface area (Å²) in [4.78, 5) is 4.18. The Kier molecular flexibility index (Phi) is 2.82. The van der Waals surface area contributed by atoms with Crippen molar-refractivity contribution in [2.45, 2.75) is 26.3 Å². The maximum absolute atomic E-state index is 4.18. The van der Waals surface area contributed by atoms with Crippen LogP contribution in [0.2, 0.25) is 0 Å². The normalized spacial score (nSPS) is 27.3. The molecule has 14 heavy (non-hydrogen) atoms. The van der Waals surface area contributed by atoms with E-state index >= 15 is 0 Å². The molecule has 1 aliphatic rings. The predicted molar refractivity (Wildman–Crippen MR) is 57.9 cm³/mol. The van der Waals surface area contributed by atoms with Crippen LogP contribution in [-0.4, -0.2) is 11.5 Å². The Hall–Kier alpha value is -0.890. The highest BCUT2D eigenvalue weighted by Gasteiger charge is 2.39. The molecular formula is C12H18N2. The Morgan fingerprint density at radius 1 is 1.64 bits per heavy atom. The summed E-state index contributed by atoms with van der Waals surface area (Å²) in [7, 11) is 0. The fourth-order valence-corrected chi connectivity index (χ4v) is 2.11. The second kappa shape index (κ2) is 4.09. The number of hydrogen-bond donors (Lipinski definition) is 1. The minimum absolute atomic E-state index is 0.517. The smallest absolute Gasteiger partial charge is 0.0366 e. The molecule has 1 saturated carbocycles. The first-order valence-corrected chi connectivity index (χ1v) is 5.46. The van der Waals surface area contributed by atoms with Crippen molar-refractivity contribution in [1.82, 2.24) is 10.3 Å². The van der Waals surface area contributed by atoms with Crippen LogP contribution in [0.25, 0.3) is 0 Å². The second-order valence-corrected chi connectivity index (χ2v) is 4.20. The number of nitrogens with zero attached hydrogens (tertiary/aromatic N) is 1. The quantitative estimate of drug-likeness (QED) is 0.788. The van der Waals surface area contributed by atoms with Crippen LogP contribution in [0.1, 0.15) is 31.9 Å². The number of hydrogen-bond acceptors (Lipinski definition) is 2. The van der Waals surface area contributed by atoms with Gasteiger partial charge in [-0.25, -0.2) is 0 Å². The lowest BCUT2D eigenvalue weighted by Gasteiger charge is -2.17. The number of rotatable bonds is 4. The van der Waals surface area contributed by atoms with Crippen LogP contribution in [0.15, 0.2) is 24.5 Å². The van der Waals surface area contributed by atoms with Crippen LogP contribution in [0.5, 0.6) is 0 Å². The van der Waals surface area contributed by atoms with Gasteiger partial charge in [-0.05, 0) is 36.4 Å². The molecule has 1 aromatic heterocycles. The van der Waals surface area contributed by atoms with Gasteiger partial charge in [0.15, 0.2) is 0 Å². The summed E-state index contributed by atoms with van der Waals surface area (Å²) in [5, 5.41) is 3.55. The van der Waals surface area contributed by atoms with E-state index in [1.54, 1.807) is 0 Å². The van der Waals surface area contributed by atoms with Crippen LogP contribution in [0.3, 0.4) is 0 Å². The van der Waals surface area contributed by atoms with Gasteiger partial charge in [0.25, 0.3) is 0 Å². The Morgan fingerprint density at radius 3 is 2.93 bits per heavy atom. The van der Waals surface area contributed by atoms with Crippen LogP contribution in [0, 0.1) is 11.8 Å². The van der Waals surface area contributed by atoms with Gasteiger partial charge in [-0.2, -0.15) is 0 Å². The highest BCUT2D eigenvalue weighted by Crippen LogP contribution is 2.46. The predicted octanol–water partition coefficient (Wildman–Crippen LogP) is 2.39. The fraction of sp³-hybridized carbons (Fsp3) is 0.583. The van der Waals surface area contributed by atoms with E-state index in [0.29, 0.717) is 6.04 Å². The monoisotopic (exact) mass is 190 g/mol. The highest BCUT2D eigenvalue weighted by molar-refractivity contribution is 5.17. The van der Waals surface area contributed by atoms with E-state index in [1.165, 1.54) is 12.0 Å². The maximum atomic E-state index is 4.18. The molecule has 3 atom stereocenters. The van der Waals surface area contributed by atoms with Crippen molar-refractivity contribution in [3.8, 4) is 0 Å². The van der Waals surface area contributed by atoms with Gasteiger partial charge >= 0.3 is 0 Å². The van der Waals surface area contributed by atoms with Crippen LogP contribution in [-0.2, 0) is 0 Å². The number of nitrogens with one attached hydrogen (secondary N) is 1. The zero-order valence-corrected chi connectivity index (χ0v) is 8.90. The summed E-state index contributed by atoms with van der Waals surface area (Å²) in [6.45, 7) is 5.52. The summed E-state index contributed by atoms with van der Waals surface area (Å²) < 4.78 is 0. The van der Waals surface area contributed by atoms with E-state index in [1.807, 2.05) is 18.5 Å².